The molecule has 0 aromatic heterocycles. The Balaban J connectivity index is 1.89. The molecule has 6 heteroatoms. The third-order valence-corrected chi connectivity index (χ3v) is 5.48. The van der Waals surface area contributed by atoms with Crippen molar-refractivity contribution in [3.8, 4) is 5.75 Å². The highest BCUT2D eigenvalue weighted by Crippen LogP contribution is 2.25. The first-order valence-electron chi connectivity index (χ1n) is 11.0. The van der Waals surface area contributed by atoms with Crippen molar-refractivity contribution < 1.29 is 19.4 Å². The second kappa shape index (κ2) is 11.3. The van der Waals surface area contributed by atoms with Crippen molar-refractivity contribution in [3.05, 3.63) is 64.7 Å². The van der Waals surface area contributed by atoms with E-state index in [1.807, 2.05) is 12.1 Å². The molecule has 1 aliphatic rings. The molecule has 2 aromatic rings. The molecule has 3 rings (SSSR count). The van der Waals surface area contributed by atoms with E-state index in [0.29, 0.717) is 37.8 Å². The number of amides is 1. The van der Waals surface area contributed by atoms with Crippen LogP contribution in [0.3, 0.4) is 0 Å². The Morgan fingerprint density at radius 3 is 2.68 bits per heavy atom. The number of aliphatic hydroxyl groups is 1. The second-order valence-corrected chi connectivity index (χ2v) is 8.40. The van der Waals surface area contributed by atoms with Gasteiger partial charge >= 0.3 is 0 Å². The first-order valence-corrected chi connectivity index (χ1v) is 11.0. The Hall–Kier alpha value is -2.41. The number of fused-ring (bicyclic) bond motifs is 3. The highest BCUT2D eigenvalue weighted by atomic mass is 16.5. The van der Waals surface area contributed by atoms with E-state index in [2.05, 4.69) is 48.3 Å². The molecule has 0 aliphatic carbocycles. The summed E-state index contributed by atoms with van der Waals surface area (Å²) in [4.78, 5) is 15.0. The number of hydrogen-bond acceptors (Lipinski definition) is 5. The van der Waals surface area contributed by atoms with Crippen LogP contribution in [0.4, 0.5) is 0 Å². The van der Waals surface area contributed by atoms with Crippen LogP contribution < -0.4 is 10.1 Å². The third-order valence-electron chi connectivity index (χ3n) is 5.48. The zero-order valence-corrected chi connectivity index (χ0v) is 18.8. The molecule has 1 atom stereocenters. The van der Waals surface area contributed by atoms with Crippen LogP contribution in [-0.4, -0.2) is 61.0 Å². The molecule has 0 unspecified atom stereocenters. The lowest BCUT2D eigenvalue weighted by Gasteiger charge is -2.27. The van der Waals surface area contributed by atoms with Crippen molar-refractivity contribution in [2.24, 2.45) is 0 Å². The van der Waals surface area contributed by atoms with Crippen molar-refractivity contribution in [1.82, 2.24) is 10.2 Å². The van der Waals surface area contributed by atoms with Gasteiger partial charge in [-0.05, 0) is 55.7 Å². The largest absolute Gasteiger partial charge is 0.491 e. The van der Waals surface area contributed by atoms with Crippen molar-refractivity contribution >= 4 is 5.91 Å². The predicted octanol–water partition coefficient (Wildman–Crippen LogP) is 3.01. The van der Waals surface area contributed by atoms with Gasteiger partial charge in [0, 0.05) is 37.2 Å². The number of carbonyl (C=O) groups is 1. The third kappa shape index (κ3) is 6.79. The molecule has 0 radical (unpaired) electrons. The van der Waals surface area contributed by atoms with Crippen LogP contribution in [0.15, 0.2) is 42.5 Å². The highest BCUT2D eigenvalue weighted by molar-refractivity contribution is 5.94. The van der Waals surface area contributed by atoms with Crippen LogP contribution in [-0.2, 0) is 17.7 Å². The maximum atomic E-state index is 12.5. The Bertz CT molecular complexity index is 868. The van der Waals surface area contributed by atoms with Gasteiger partial charge in [0.05, 0.1) is 19.8 Å². The Labute approximate surface area is 185 Å². The molecule has 2 N–H and O–H groups in total. The van der Waals surface area contributed by atoms with E-state index >= 15 is 0 Å². The van der Waals surface area contributed by atoms with Crippen LogP contribution in [0.1, 0.15) is 47.8 Å². The smallest absolute Gasteiger partial charge is 0.251 e. The lowest BCUT2D eigenvalue weighted by Crippen LogP contribution is -2.35. The number of nitrogens with one attached hydrogen (secondary N) is 1. The Morgan fingerprint density at radius 2 is 1.90 bits per heavy atom. The molecule has 0 saturated heterocycles. The molecule has 1 amide bonds. The van der Waals surface area contributed by atoms with Crippen LogP contribution in [0.2, 0.25) is 0 Å². The molecule has 1 heterocycles. The van der Waals surface area contributed by atoms with Gasteiger partial charge in [-0.2, -0.15) is 0 Å². The van der Waals surface area contributed by atoms with Gasteiger partial charge in [0.15, 0.2) is 0 Å². The molecule has 2 aromatic carbocycles. The SMILES string of the molecule is CC(C)N1CCOCCOc2ccc(C(=O)N[C@@H](C)CO)cc2Cc2cccc(c2)C1. The number of carbonyl (C=O) groups excluding carboxylic acids is 1. The van der Waals surface area contributed by atoms with E-state index < -0.39 is 0 Å². The summed E-state index contributed by atoms with van der Waals surface area (Å²) >= 11 is 0. The standard InChI is InChI=1S/C25H34N2O4/c1-18(2)27-9-10-30-11-12-31-24-8-7-22(25(29)26-19(3)17-28)15-23(24)14-20-5-4-6-21(13-20)16-27/h4-8,13,15,18-19,28H,9-12,14,16-17H2,1-3H3,(H,26,29)/t19-/m0/s1. The summed E-state index contributed by atoms with van der Waals surface area (Å²) in [5.74, 6) is 0.565. The number of ether oxygens (including phenoxy) is 2. The maximum absolute atomic E-state index is 12.5. The lowest BCUT2D eigenvalue weighted by molar-refractivity contribution is 0.0695. The number of hydrogen-bond donors (Lipinski definition) is 2. The topological polar surface area (TPSA) is 71.0 Å². The lowest BCUT2D eigenvalue weighted by atomic mass is 9.99. The van der Waals surface area contributed by atoms with E-state index in [4.69, 9.17) is 9.47 Å². The summed E-state index contributed by atoms with van der Waals surface area (Å²) in [5, 5.41) is 12.0. The number of aliphatic hydroxyl groups excluding tert-OH is 1. The fourth-order valence-electron chi connectivity index (χ4n) is 3.66. The molecular formula is C25H34N2O4. The minimum absolute atomic E-state index is 0.0972. The summed E-state index contributed by atoms with van der Waals surface area (Å²) in [7, 11) is 0. The molecule has 31 heavy (non-hydrogen) atoms. The quantitative estimate of drug-likeness (QED) is 0.787. The first kappa shape index (κ1) is 23.3. The van der Waals surface area contributed by atoms with Crippen LogP contribution >= 0.6 is 0 Å². The minimum atomic E-state index is -0.296. The summed E-state index contributed by atoms with van der Waals surface area (Å²) in [6, 6.07) is 14.2. The molecule has 0 fully saturated rings. The van der Waals surface area contributed by atoms with Crippen molar-refractivity contribution in [2.45, 2.75) is 45.8 Å². The van der Waals surface area contributed by atoms with E-state index in [1.54, 1.807) is 13.0 Å². The van der Waals surface area contributed by atoms with Gasteiger partial charge in [-0.1, -0.05) is 24.3 Å². The minimum Gasteiger partial charge on any atom is -0.491 e. The van der Waals surface area contributed by atoms with Crippen molar-refractivity contribution in [3.63, 3.8) is 0 Å². The van der Waals surface area contributed by atoms with Gasteiger partial charge in [-0.25, -0.2) is 0 Å². The van der Waals surface area contributed by atoms with Crippen molar-refractivity contribution in [1.29, 1.82) is 0 Å². The van der Waals surface area contributed by atoms with Crippen molar-refractivity contribution in [2.75, 3.05) is 33.0 Å². The monoisotopic (exact) mass is 426 g/mol. The van der Waals surface area contributed by atoms with E-state index in [1.165, 1.54) is 11.1 Å². The zero-order chi connectivity index (χ0) is 22.2. The summed E-state index contributed by atoms with van der Waals surface area (Å²) in [5.41, 5.74) is 3.96. The molecule has 1 aliphatic heterocycles. The van der Waals surface area contributed by atoms with Gasteiger partial charge in [-0.3, -0.25) is 9.69 Å². The average molecular weight is 427 g/mol. The first-order chi connectivity index (χ1) is 15.0. The van der Waals surface area contributed by atoms with E-state index in [0.717, 1.165) is 24.4 Å². The summed E-state index contributed by atoms with van der Waals surface area (Å²) in [6.45, 7) is 9.48. The van der Waals surface area contributed by atoms with Crippen LogP contribution in [0.25, 0.3) is 0 Å². The van der Waals surface area contributed by atoms with Gasteiger partial charge in [0.1, 0.15) is 12.4 Å². The number of nitrogens with zero attached hydrogens (tertiary/aromatic N) is 1. The Kier molecular flexibility index (Phi) is 8.46. The maximum Gasteiger partial charge on any atom is 0.251 e. The van der Waals surface area contributed by atoms with Gasteiger partial charge in [0.2, 0.25) is 0 Å². The van der Waals surface area contributed by atoms with Gasteiger partial charge < -0.3 is 19.9 Å². The predicted molar refractivity (Wildman–Crippen MR) is 122 cm³/mol. The van der Waals surface area contributed by atoms with Gasteiger partial charge in [-0.15, -0.1) is 0 Å². The number of benzene rings is 2. The second-order valence-electron chi connectivity index (χ2n) is 8.40. The molecule has 168 valence electrons. The summed E-state index contributed by atoms with van der Waals surface area (Å²) < 4.78 is 11.8. The molecule has 0 saturated carbocycles. The zero-order valence-electron chi connectivity index (χ0n) is 18.8. The summed E-state index contributed by atoms with van der Waals surface area (Å²) in [6.07, 6.45) is 0.669. The average Bonchev–Trinajstić information content (AvgIpc) is 2.75. The Morgan fingerprint density at radius 1 is 1.10 bits per heavy atom. The van der Waals surface area contributed by atoms with E-state index in [9.17, 15) is 9.90 Å². The number of rotatable bonds is 4. The van der Waals surface area contributed by atoms with E-state index in [-0.39, 0.29) is 18.6 Å². The van der Waals surface area contributed by atoms with Crippen LogP contribution in [0.5, 0.6) is 5.75 Å². The molecule has 2 bridgehead atoms. The van der Waals surface area contributed by atoms with Crippen LogP contribution in [0, 0.1) is 0 Å². The fraction of sp³-hybridized carbons (Fsp3) is 0.480. The molecule has 6 nitrogen and oxygen atoms in total. The normalized spacial score (nSPS) is 16.7. The molecule has 0 spiro atoms. The molecular weight excluding hydrogens is 392 g/mol. The highest BCUT2D eigenvalue weighted by Gasteiger charge is 2.15. The fourth-order valence-corrected chi connectivity index (χ4v) is 3.66. The van der Waals surface area contributed by atoms with Gasteiger partial charge in [0.25, 0.3) is 5.91 Å².